The Balaban J connectivity index is 1.92. The van der Waals surface area contributed by atoms with Crippen LogP contribution < -0.4 is 10.1 Å². The minimum atomic E-state index is 0.286. The molecule has 1 heterocycles. The summed E-state index contributed by atoms with van der Waals surface area (Å²) >= 11 is 6.22. The van der Waals surface area contributed by atoms with Crippen molar-refractivity contribution in [1.82, 2.24) is 0 Å². The first kappa shape index (κ1) is 13.3. The van der Waals surface area contributed by atoms with Crippen molar-refractivity contribution in [2.45, 2.75) is 26.3 Å². The molecule has 104 valence electrons. The van der Waals surface area contributed by atoms with Gasteiger partial charge in [0, 0.05) is 5.69 Å². The van der Waals surface area contributed by atoms with Crippen LogP contribution in [0.3, 0.4) is 0 Å². The monoisotopic (exact) mass is 287 g/mol. The highest BCUT2D eigenvalue weighted by Crippen LogP contribution is 2.38. The van der Waals surface area contributed by atoms with Gasteiger partial charge in [-0.05, 0) is 60.7 Å². The summed E-state index contributed by atoms with van der Waals surface area (Å²) in [6, 6.07) is 10.7. The maximum absolute atomic E-state index is 6.22. The Hall–Kier alpha value is -1.67. The number of nitrogens with one attached hydrogen (secondary N) is 1. The second kappa shape index (κ2) is 5.02. The lowest BCUT2D eigenvalue weighted by Crippen LogP contribution is -2.05. The number of methoxy groups -OCH3 is 1. The fourth-order valence-corrected chi connectivity index (χ4v) is 3.21. The van der Waals surface area contributed by atoms with Crippen molar-refractivity contribution in [3.8, 4) is 5.75 Å². The molecule has 20 heavy (non-hydrogen) atoms. The molecular formula is C17H18ClNO. The Morgan fingerprint density at radius 3 is 2.70 bits per heavy atom. The standard InChI is InChI=1S/C17H18ClNO/c1-10-6-11(2)13-9-15(19-16(13)7-10)12-4-5-17(20-3)14(18)8-12/h4-8,15,19H,9H2,1-3H3. The molecule has 0 radical (unpaired) electrons. The third-order valence-electron chi connectivity index (χ3n) is 3.93. The summed E-state index contributed by atoms with van der Waals surface area (Å²) in [5, 5.41) is 4.26. The first-order valence-electron chi connectivity index (χ1n) is 6.78. The predicted molar refractivity (Wildman–Crippen MR) is 84.0 cm³/mol. The van der Waals surface area contributed by atoms with Gasteiger partial charge < -0.3 is 10.1 Å². The Morgan fingerprint density at radius 2 is 2.00 bits per heavy atom. The lowest BCUT2D eigenvalue weighted by atomic mass is 9.99. The van der Waals surface area contributed by atoms with E-state index in [1.54, 1.807) is 7.11 Å². The summed E-state index contributed by atoms with van der Waals surface area (Å²) in [6.07, 6.45) is 1.00. The summed E-state index contributed by atoms with van der Waals surface area (Å²) in [7, 11) is 1.64. The van der Waals surface area contributed by atoms with Gasteiger partial charge in [0.05, 0.1) is 18.2 Å². The van der Waals surface area contributed by atoms with Crippen molar-refractivity contribution in [3.63, 3.8) is 0 Å². The molecule has 0 saturated carbocycles. The molecule has 0 amide bonds. The van der Waals surface area contributed by atoms with Crippen LogP contribution in [-0.2, 0) is 6.42 Å². The fraction of sp³-hybridized carbons (Fsp3) is 0.294. The van der Waals surface area contributed by atoms with E-state index in [9.17, 15) is 0 Å². The van der Waals surface area contributed by atoms with Gasteiger partial charge in [0.25, 0.3) is 0 Å². The summed E-state index contributed by atoms with van der Waals surface area (Å²) in [4.78, 5) is 0. The van der Waals surface area contributed by atoms with E-state index in [0.717, 1.165) is 12.2 Å². The van der Waals surface area contributed by atoms with Gasteiger partial charge in [-0.25, -0.2) is 0 Å². The molecule has 0 aromatic heterocycles. The molecule has 0 fully saturated rings. The number of halogens is 1. The van der Waals surface area contributed by atoms with Gasteiger partial charge >= 0.3 is 0 Å². The van der Waals surface area contributed by atoms with Crippen molar-refractivity contribution in [1.29, 1.82) is 0 Å². The Labute approximate surface area is 124 Å². The van der Waals surface area contributed by atoms with E-state index in [4.69, 9.17) is 16.3 Å². The molecule has 3 rings (SSSR count). The largest absolute Gasteiger partial charge is 0.495 e. The Morgan fingerprint density at radius 1 is 1.20 bits per heavy atom. The van der Waals surface area contributed by atoms with Crippen LogP contribution in [0.5, 0.6) is 5.75 Å². The van der Waals surface area contributed by atoms with Gasteiger partial charge in [0.1, 0.15) is 5.75 Å². The second-order valence-electron chi connectivity index (χ2n) is 5.40. The van der Waals surface area contributed by atoms with Gasteiger partial charge in [-0.15, -0.1) is 0 Å². The Bertz CT molecular complexity index is 666. The van der Waals surface area contributed by atoms with E-state index in [1.165, 1.54) is 27.9 Å². The molecule has 1 atom stereocenters. The second-order valence-corrected chi connectivity index (χ2v) is 5.81. The zero-order valence-electron chi connectivity index (χ0n) is 12.0. The number of ether oxygens (including phenoxy) is 1. The number of rotatable bonds is 2. The molecular weight excluding hydrogens is 270 g/mol. The number of anilines is 1. The van der Waals surface area contributed by atoms with Crippen molar-refractivity contribution >= 4 is 17.3 Å². The molecule has 3 heteroatoms. The molecule has 0 aliphatic carbocycles. The zero-order chi connectivity index (χ0) is 14.3. The maximum atomic E-state index is 6.22. The van der Waals surface area contributed by atoms with Crippen LogP contribution in [0.25, 0.3) is 0 Å². The van der Waals surface area contributed by atoms with Crippen molar-refractivity contribution < 1.29 is 4.74 Å². The molecule has 0 bridgehead atoms. The molecule has 2 nitrogen and oxygen atoms in total. The normalized spacial score (nSPS) is 16.7. The summed E-state index contributed by atoms with van der Waals surface area (Å²) in [5.41, 5.74) is 6.51. The molecule has 1 aliphatic rings. The summed E-state index contributed by atoms with van der Waals surface area (Å²) in [5.74, 6) is 0.720. The summed E-state index contributed by atoms with van der Waals surface area (Å²) < 4.78 is 5.21. The third kappa shape index (κ3) is 2.25. The van der Waals surface area contributed by atoms with Crippen LogP contribution >= 0.6 is 11.6 Å². The van der Waals surface area contributed by atoms with Crippen molar-refractivity contribution in [2.24, 2.45) is 0 Å². The SMILES string of the molecule is COc1ccc(C2Cc3c(C)cc(C)cc3N2)cc1Cl. The van der Waals surface area contributed by atoms with Gasteiger partial charge in [0.2, 0.25) is 0 Å². The minimum Gasteiger partial charge on any atom is -0.495 e. The Kier molecular flexibility index (Phi) is 3.35. The number of hydrogen-bond donors (Lipinski definition) is 1. The van der Waals surface area contributed by atoms with Crippen LogP contribution in [-0.4, -0.2) is 7.11 Å². The topological polar surface area (TPSA) is 21.3 Å². The van der Waals surface area contributed by atoms with Crippen LogP contribution in [0, 0.1) is 13.8 Å². The lowest BCUT2D eigenvalue weighted by molar-refractivity contribution is 0.415. The van der Waals surface area contributed by atoms with E-state index < -0.39 is 0 Å². The third-order valence-corrected chi connectivity index (χ3v) is 4.23. The quantitative estimate of drug-likeness (QED) is 0.866. The molecule has 1 aliphatic heterocycles. The number of aryl methyl sites for hydroxylation is 2. The molecule has 1 unspecified atom stereocenters. The van der Waals surface area contributed by atoms with Gasteiger partial charge in [-0.3, -0.25) is 0 Å². The fourth-order valence-electron chi connectivity index (χ4n) is 2.94. The van der Waals surface area contributed by atoms with Crippen molar-refractivity contribution in [2.75, 3.05) is 12.4 Å². The van der Waals surface area contributed by atoms with E-state index in [0.29, 0.717) is 5.02 Å². The first-order valence-corrected chi connectivity index (χ1v) is 7.16. The number of fused-ring (bicyclic) bond motifs is 1. The van der Waals surface area contributed by atoms with E-state index in [2.05, 4.69) is 37.4 Å². The molecule has 0 spiro atoms. The molecule has 1 N–H and O–H groups in total. The average Bonchev–Trinajstić information content (AvgIpc) is 2.82. The van der Waals surface area contributed by atoms with Gasteiger partial charge in [0.15, 0.2) is 0 Å². The van der Waals surface area contributed by atoms with Crippen LogP contribution in [0.1, 0.15) is 28.3 Å². The highest BCUT2D eigenvalue weighted by Gasteiger charge is 2.24. The molecule has 2 aromatic carbocycles. The van der Waals surface area contributed by atoms with Crippen LogP contribution in [0.4, 0.5) is 5.69 Å². The molecule has 0 saturated heterocycles. The number of benzene rings is 2. The van der Waals surface area contributed by atoms with E-state index >= 15 is 0 Å². The number of hydrogen-bond acceptors (Lipinski definition) is 2. The van der Waals surface area contributed by atoms with Gasteiger partial charge in [-0.2, -0.15) is 0 Å². The van der Waals surface area contributed by atoms with Crippen LogP contribution in [0.15, 0.2) is 30.3 Å². The van der Waals surface area contributed by atoms with E-state index in [1.807, 2.05) is 12.1 Å². The highest BCUT2D eigenvalue weighted by atomic mass is 35.5. The average molecular weight is 288 g/mol. The first-order chi connectivity index (χ1) is 9.58. The summed E-state index contributed by atoms with van der Waals surface area (Å²) in [6.45, 7) is 4.31. The highest BCUT2D eigenvalue weighted by molar-refractivity contribution is 6.32. The smallest absolute Gasteiger partial charge is 0.137 e. The zero-order valence-corrected chi connectivity index (χ0v) is 12.7. The van der Waals surface area contributed by atoms with Gasteiger partial charge in [-0.1, -0.05) is 23.7 Å². The van der Waals surface area contributed by atoms with Crippen molar-refractivity contribution in [3.05, 3.63) is 57.6 Å². The van der Waals surface area contributed by atoms with Crippen LogP contribution in [0.2, 0.25) is 5.02 Å². The lowest BCUT2D eigenvalue weighted by Gasteiger charge is -2.13. The predicted octanol–water partition coefficient (Wildman–Crippen LogP) is 4.67. The molecule has 2 aromatic rings. The maximum Gasteiger partial charge on any atom is 0.137 e. The minimum absolute atomic E-state index is 0.286. The van der Waals surface area contributed by atoms with E-state index in [-0.39, 0.29) is 6.04 Å².